The number of unbranched alkanes of at least 4 members (excludes halogenated alkanes) is 1. The largest absolute Gasteiger partial charge is 0.286 e. The van der Waals surface area contributed by atoms with Crippen molar-refractivity contribution in [2.45, 2.75) is 19.4 Å². The van der Waals surface area contributed by atoms with E-state index >= 15 is 0 Å². The first-order chi connectivity index (χ1) is 8.04. The molecule has 0 fully saturated rings. The van der Waals surface area contributed by atoms with Gasteiger partial charge >= 0.3 is 0 Å². The van der Waals surface area contributed by atoms with Gasteiger partial charge in [-0.2, -0.15) is 23.4 Å². The monoisotopic (exact) mass is 255 g/mol. The van der Waals surface area contributed by atoms with Crippen molar-refractivity contribution in [3.8, 4) is 0 Å². The Hall–Kier alpha value is -1.47. The maximum Gasteiger partial charge on any atom is 0.264 e. The first-order valence-corrected chi connectivity index (χ1v) is 6.90. The summed E-state index contributed by atoms with van der Waals surface area (Å²) in [6, 6.07) is 7.52. The molecule has 0 saturated heterocycles. The lowest BCUT2D eigenvalue weighted by Gasteiger charge is -1.98. The lowest BCUT2D eigenvalue weighted by molar-refractivity contribution is 0.471. The molecule has 1 aromatic heterocycles. The molecule has 1 aromatic carbocycles. The molecule has 0 unspecified atom stereocenters. The summed E-state index contributed by atoms with van der Waals surface area (Å²) in [5.41, 5.74) is 1.64. The van der Waals surface area contributed by atoms with E-state index in [1.54, 1.807) is 4.80 Å². The van der Waals surface area contributed by atoms with Crippen LogP contribution in [0.5, 0.6) is 0 Å². The number of aryl methyl sites for hydroxylation is 1. The fraction of sp³-hybridized carbons (Fsp3) is 0.400. The number of hydrogen-bond acceptors (Lipinski definition) is 4. The quantitative estimate of drug-likeness (QED) is 0.638. The SMILES string of the molecule is O=S(=O)(O)CCCCn1nc2ccccc2n1. The lowest BCUT2D eigenvalue weighted by Crippen LogP contribution is -2.07. The van der Waals surface area contributed by atoms with Gasteiger partial charge in [-0.25, -0.2) is 0 Å². The zero-order chi connectivity index (χ0) is 12.3. The number of hydrogen-bond donors (Lipinski definition) is 1. The molecule has 0 saturated carbocycles. The lowest BCUT2D eigenvalue weighted by atomic mass is 10.3. The van der Waals surface area contributed by atoms with Gasteiger partial charge < -0.3 is 0 Å². The Balaban J connectivity index is 1.91. The van der Waals surface area contributed by atoms with Crippen LogP contribution in [0.1, 0.15) is 12.8 Å². The van der Waals surface area contributed by atoms with Crippen LogP contribution in [0.2, 0.25) is 0 Å². The average molecular weight is 255 g/mol. The molecule has 0 amide bonds. The second-order valence-corrected chi connectivity index (χ2v) is 5.35. The number of rotatable bonds is 5. The summed E-state index contributed by atoms with van der Waals surface area (Å²) in [7, 11) is -3.85. The molecule has 2 aromatic rings. The summed E-state index contributed by atoms with van der Waals surface area (Å²) in [4.78, 5) is 1.55. The van der Waals surface area contributed by atoms with Crippen LogP contribution in [0, 0.1) is 0 Å². The number of fused-ring (bicyclic) bond motifs is 1. The molecule has 17 heavy (non-hydrogen) atoms. The Morgan fingerprint density at radius 2 is 1.71 bits per heavy atom. The fourth-order valence-corrected chi connectivity index (χ4v) is 2.11. The molecule has 6 nitrogen and oxygen atoms in total. The maximum absolute atomic E-state index is 10.5. The van der Waals surface area contributed by atoms with Crippen molar-refractivity contribution >= 4 is 21.2 Å². The molecule has 0 bridgehead atoms. The molecule has 0 atom stereocenters. The third-order valence-electron chi connectivity index (χ3n) is 2.34. The minimum atomic E-state index is -3.85. The normalized spacial score (nSPS) is 12.1. The molecule has 0 aliphatic heterocycles. The summed E-state index contributed by atoms with van der Waals surface area (Å²) in [6.07, 6.45) is 1.01. The van der Waals surface area contributed by atoms with E-state index in [0.29, 0.717) is 19.4 Å². The Kier molecular flexibility index (Phi) is 3.39. The van der Waals surface area contributed by atoms with E-state index in [9.17, 15) is 8.42 Å². The van der Waals surface area contributed by atoms with Crippen molar-refractivity contribution in [3.05, 3.63) is 24.3 Å². The van der Waals surface area contributed by atoms with Crippen LogP contribution in [0.15, 0.2) is 24.3 Å². The minimum absolute atomic E-state index is 0.214. The highest BCUT2D eigenvalue weighted by Gasteiger charge is 2.05. The van der Waals surface area contributed by atoms with Crippen molar-refractivity contribution in [1.82, 2.24) is 15.0 Å². The van der Waals surface area contributed by atoms with E-state index in [0.717, 1.165) is 11.0 Å². The van der Waals surface area contributed by atoms with E-state index in [1.165, 1.54) is 0 Å². The molecule has 7 heteroatoms. The van der Waals surface area contributed by atoms with Gasteiger partial charge in [0.25, 0.3) is 10.1 Å². The predicted molar refractivity (Wildman–Crippen MR) is 63.2 cm³/mol. The summed E-state index contributed by atoms with van der Waals surface area (Å²) in [5.74, 6) is -0.214. The van der Waals surface area contributed by atoms with Gasteiger partial charge in [0.2, 0.25) is 0 Å². The third-order valence-corrected chi connectivity index (χ3v) is 3.14. The highest BCUT2D eigenvalue weighted by Crippen LogP contribution is 2.07. The first-order valence-electron chi connectivity index (χ1n) is 5.30. The van der Waals surface area contributed by atoms with Crippen LogP contribution in [-0.4, -0.2) is 33.7 Å². The molecule has 2 rings (SSSR count). The zero-order valence-corrected chi connectivity index (χ0v) is 9.97. The predicted octanol–water partition coefficient (Wildman–Crippen LogP) is 1.10. The van der Waals surface area contributed by atoms with E-state index in [2.05, 4.69) is 10.2 Å². The van der Waals surface area contributed by atoms with E-state index < -0.39 is 10.1 Å². The highest BCUT2D eigenvalue weighted by molar-refractivity contribution is 7.85. The second-order valence-electron chi connectivity index (χ2n) is 3.78. The molecule has 1 N–H and O–H groups in total. The van der Waals surface area contributed by atoms with Gasteiger partial charge in [-0.3, -0.25) is 4.55 Å². The Morgan fingerprint density at radius 1 is 1.12 bits per heavy atom. The molecule has 0 aliphatic carbocycles. The van der Waals surface area contributed by atoms with Crippen LogP contribution >= 0.6 is 0 Å². The molecule has 0 radical (unpaired) electrons. The van der Waals surface area contributed by atoms with Crippen LogP contribution in [0.3, 0.4) is 0 Å². The van der Waals surface area contributed by atoms with Crippen LogP contribution in [-0.2, 0) is 16.7 Å². The molecule has 92 valence electrons. The fourth-order valence-electron chi connectivity index (χ4n) is 1.54. The summed E-state index contributed by atoms with van der Waals surface area (Å²) < 4.78 is 29.6. The molecule has 1 heterocycles. The van der Waals surface area contributed by atoms with Gasteiger partial charge in [-0.15, -0.1) is 0 Å². The maximum atomic E-state index is 10.5. The standard InChI is InChI=1S/C10H13N3O3S/c14-17(15,16)8-4-3-7-13-11-9-5-1-2-6-10(9)12-13/h1-2,5-6H,3-4,7-8H2,(H,14,15,16). The number of aromatic nitrogens is 3. The number of nitrogens with zero attached hydrogens (tertiary/aromatic N) is 3. The van der Waals surface area contributed by atoms with Gasteiger partial charge in [0.15, 0.2) is 0 Å². The van der Waals surface area contributed by atoms with Gasteiger partial charge in [0, 0.05) is 0 Å². The van der Waals surface area contributed by atoms with Gasteiger partial charge in [0.05, 0.1) is 12.3 Å². The molecular weight excluding hydrogens is 242 g/mol. The van der Waals surface area contributed by atoms with Gasteiger partial charge in [-0.1, -0.05) is 12.1 Å². The Morgan fingerprint density at radius 3 is 2.24 bits per heavy atom. The minimum Gasteiger partial charge on any atom is -0.286 e. The molecule has 0 spiro atoms. The van der Waals surface area contributed by atoms with Crippen LogP contribution < -0.4 is 0 Å². The second kappa shape index (κ2) is 4.80. The molecular formula is C10H13N3O3S. The Labute approximate surface area is 99.0 Å². The highest BCUT2D eigenvalue weighted by atomic mass is 32.2. The van der Waals surface area contributed by atoms with Crippen molar-refractivity contribution in [3.63, 3.8) is 0 Å². The average Bonchev–Trinajstić information content (AvgIpc) is 2.65. The van der Waals surface area contributed by atoms with Gasteiger partial charge in [0.1, 0.15) is 11.0 Å². The van der Waals surface area contributed by atoms with E-state index in [1.807, 2.05) is 24.3 Å². The van der Waals surface area contributed by atoms with Crippen molar-refractivity contribution in [2.24, 2.45) is 0 Å². The van der Waals surface area contributed by atoms with Gasteiger partial charge in [-0.05, 0) is 25.0 Å². The smallest absolute Gasteiger partial charge is 0.264 e. The third kappa shape index (κ3) is 3.50. The topological polar surface area (TPSA) is 85.1 Å². The number of benzene rings is 1. The first kappa shape index (κ1) is 12.0. The summed E-state index contributed by atoms with van der Waals surface area (Å²) >= 11 is 0. The van der Waals surface area contributed by atoms with Crippen molar-refractivity contribution in [1.29, 1.82) is 0 Å². The van der Waals surface area contributed by atoms with E-state index in [-0.39, 0.29) is 5.75 Å². The van der Waals surface area contributed by atoms with Crippen molar-refractivity contribution < 1.29 is 13.0 Å². The Bertz CT molecular complexity index is 573. The summed E-state index contributed by atoms with van der Waals surface area (Å²) in [5, 5.41) is 8.48. The van der Waals surface area contributed by atoms with E-state index in [4.69, 9.17) is 4.55 Å². The van der Waals surface area contributed by atoms with Crippen LogP contribution in [0.25, 0.3) is 11.0 Å². The summed E-state index contributed by atoms with van der Waals surface area (Å²) in [6.45, 7) is 0.546. The van der Waals surface area contributed by atoms with Crippen molar-refractivity contribution in [2.75, 3.05) is 5.75 Å². The van der Waals surface area contributed by atoms with Crippen LogP contribution in [0.4, 0.5) is 0 Å². The molecule has 0 aliphatic rings. The zero-order valence-electron chi connectivity index (χ0n) is 9.15.